The highest BCUT2D eigenvalue weighted by Crippen LogP contribution is 2.43. The van der Waals surface area contributed by atoms with Gasteiger partial charge in [0.25, 0.3) is 5.78 Å². The molecule has 0 radical (unpaired) electrons. The van der Waals surface area contributed by atoms with Crippen molar-refractivity contribution in [3.05, 3.63) is 86.8 Å². The summed E-state index contributed by atoms with van der Waals surface area (Å²) in [6, 6.07) is 14.0. The Morgan fingerprint density at radius 2 is 1.71 bits per heavy atom. The smallest absolute Gasteiger partial charge is 0.301 e. The van der Waals surface area contributed by atoms with Crippen molar-refractivity contribution in [2.45, 2.75) is 32.2 Å². The van der Waals surface area contributed by atoms with Crippen molar-refractivity contribution in [3.63, 3.8) is 0 Å². The number of benzene rings is 2. The van der Waals surface area contributed by atoms with Crippen LogP contribution in [0.3, 0.4) is 0 Å². The fourth-order valence-corrected chi connectivity index (χ4v) is 4.54. The van der Waals surface area contributed by atoms with Gasteiger partial charge >= 0.3 is 5.91 Å². The lowest BCUT2D eigenvalue weighted by Crippen LogP contribution is -2.29. The first-order chi connectivity index (χ1) is 14.7. The zero-order valence-corrected chi connectivity index (χ0v) is 19.7. The van der Waals surface area contributed by atoms with Crippen molar-refractivity contribution in [1.29, 1.82) is 0 Å². The van der Waals surface area contributed by atoms with Gasteiger partial charge in [-0.2, -0.15) is 0 Å². The molecule has 1 aromatic heterocycles. The van der Waals surface area contributed by atoms with Crippen LogP contribution in [0.15, 0.2) is 70.2 Å². The van der Waals surface area contributed by atoms with Gasteiger partial charge in [0.2, 0.25) is 0 Å². The van der Waals surface area contributed by atoms with Crippen LogP contribution in [-0.2, 0) is 15.0 Å². The Bertz CT molecular complexity index is 1160. The number of halogens is 1. The summed E-state index contributed by atoms with van der Waals surface area (Å²) in [5.74, 6) is -1.62. The van der Waals surface area contributed by atoms with Crippen molar-refractivity contribution < 1.29 is 14.7 Å². The Morgan fingerprint density at radius 3 is 2.26 bits per heavy atom. The van der Waals surface area contributed by atoms with Gasteiger partial charge in [-0.15, -0.1) is 11.3 Å². The molecule has 0 bridgehead atoms. The van der Waals surface area contributed by atoms with Crippen molar-refractivity contribution in [2.75, 3.05) is 4.90 Å². The predicted octanol–water partition coefficient (Wildman–Crippen LogP) is 5.83. The van der Waals surface area contributed by atoms with Crippen LogP contribution in [0.5, 0.6) is 0 Å². The van der Waals surface area contributed by atoms with E-state index in [0.717, 1.165) is 15.6 Å². The molecular weight excluding hydrogens is 476 g/mol. The van der Waals surface area contributed by atoms with Gasteiger partial charge < -0.3 is 5.11 Å². The molecule has 31 heavy (non-hydrogen) atoms. The van der Waals surface area contributed by atoms with E-state index >= 15 is 0 Å². The summed E-state index contributed by atoms with van der Waals surface area (Å²) >= 11 is 4.65. The number of aliphatic hydroxyl groups is 1. The Labute approximate surface area is 193 Å². The molecule has 0 spiro atoms. The normalized spacial score (nSPS) is 18.6. The second-order valence-electron chi connectivity index (χ2n) is 8.36. The number of carbonyl (C=O) groups excluding carboxylic acids is 2. The van der Waals surface area contributed by atoms with Crippen LogP contribution in [0.1, 0.15) is 43.5 Å². The number of anilines is 1. The van der Waals surface area contributed by atoms with Crippen molar-refractivity contribution >= 4 is 49.8 Å². The van der Waals surface area contributed by atoms with Crippen LogP contribution < -0.4 is 4.90 Å². The maximum absolute atomic E-state index is 13.1. The Hall–Kier alpha value is -2.77. The number of rotatable bonds is 3. The summed E-state index contributed by atoms with van der Waals surface area (Å²) in [4.78, 5) is 31.7. The van der Waals surface area contributed by atoms with Gasteiger partial charge in [-0.05, 0) is 28.7 Å². The fourth-order valence-electron chi connectivity index (χ4n) is 3.61. The van der Waals surface area contributed by atoms with Gasteiger partial charge in [0, 0.05) is 21.6 Å². The van der Waals surface area contributed by atoms with Gasteiger partial charge in [-0.3, -0.25) is 14.5 Å². The van der Waals surface area contributed by atoms with E-state index in [4.69, 9.17) is 0 Å². The third-order valence-electron chi connectivity index (χ3n) is 5.28. The lowest BCUT2D eigenvalue weighted by atomic mass is 9.85. The average Bonchev–Trinajstić information content (AvgIpc) is 3.34. The first-order valence-electron chi connectivity index (χ1n) is 9.75. The molecule has 0 saturated carbocycles. The highest BCUT2D eigenvalue weighted by atomic mass is 79.9. The highest BCUT2D eigenvalue weighted by molar-refractivity contribution is 9.10. The number of Topliss-reactive ketones (excluding diaryl/α,β-unsaturated/α-hetero) is 1. The molecule has 1 saturated heterocycles. The van der Waals surface area contributed by atoms with Gasteiger partial charge in [-0.25, -0.2) is 4.98 Å². The van der Waals surface area contributed by atoms with Gasteiger partial charge in [0.1, 0.15) is 5.76 Å². The van der Waals surface area contributed by atoms with Crippen LogP contribution in [0.25, 0.3) is 5.76 Å². The first kappa shape index (κ1) is 21.5. The van der Waals surface area contributed by atoms with Crippen LogP contribution in [0, 0.1) is 0 Å². The van der Waals surface area contributed by atoms with E-state index in [1.807, 2.05) is 24.3 Å². The summed E-state index contributed by atoms with van der Waals surface area (Å²) < 4.78 is 0.849. The van der Waals surface area contributed by atoms with Gasteiger partial charge in [0.15, 0.2) is 5.13 Å². The van der Waals surface area contributed by atoms with E-state index in [2.05, 4.69) is 41.7 Å². The number of thiazole rings is 1. The number of amides is 1. The number of hydrogen-bond donors (Lipinski definition) is 1. The molecule has 1 amide bonds. The van der Waals surface area contributed by atoms with E-state index in [1.165, 1.54) is 16.2 Å². The molecule has 2 aromatic carbocycles. The number of aromatic nitrogens is 1. The van der Waals surface area contributed by atoms with Crippen LogP contribution >= 0.6 is 27.3 Å². The van der Waals surface area contributed by atoms with E-state index in [0.29, 0.717) is 10.7 Å². The molecule has 0 aliphatic carbocycles. The number of carbonyl (C=O) groups is 2. The Kier molecular flexibility index (Phi) is 5.58. The minimum Gasteiger partial charge on any atom is -0.507 e. The highest BCUT2D eigenvalue weighted by Gasteiger charge is 2.48. The molecule has 1 atom stereocenters. The Balaban J connectivity index is 1.90. The molecule has 158 valence electrons. The molecule has 3 aromatic rings. The van der Waals surface area contributed by atoms with Crippen LogP contribution in [0.4, 0.5) is 5.13 Å². The topological polar surface area (TPSA) is 70.5 Å². The van der Waals surface area contributed by atoms with E-state index < -0.39 is 17.7 Å². The largest absolute Gasteiger partial charge is 0.507 e. The number of hydrogen-bond acceptors (Lipinski definition) is 5. The quantitative estimate of drug-likeness (QED) is 0.281. The van der Waals surface area contributed by atoms with Gasteiger partial charge in [-0.1, -0.05) is 73.1 Å². The lowest BCUT2D eigenvalue weighted by Gasteiger charge is -2.24. The molecule has 1 N–H and O–H groups in total. The second kappa shape index (κ2) is 8.05. The SMILES string of the molecule is CC(C)(C)c1ccc(C2/C(=C(\O)c3ccc(Br)cc3)C(=O)C(=O)N2c2nccs2)cc1. The summed E-state index contributed by atoms with van der Waals surface area (Å²) in [5, 5.41) is 13.2. The zero-order valence-electron chi connectivity index (χ0n) is 17.3. The minimum absolute atomic E-state index is 0.0346. The third kappa shape index (κ3) is 3.95. The number of ketones is 1. The van der Waals surface area contributed by atoms with Crippen molar-refractivity contribution in [1.82, 2.24) is 4.98 Å². The maximum Gasteiger partial charge on any atom is 0.301 e. The van der Waals surface area contributed by atoms with Gasteiger partial charge in [0.05, 0.1) is 11.6 Å². The van der Waals surface area contributed by atoms with E-state index in [-0.39, 0.29) is 16.7 Å². The molecule has 2 heterocycles. The Morgan fingerprint density at radius 1 is 1.06 bits per heavy atom. The number of aliphatic hydroxyl groups excluding tert-OH is 1. The second-order valence-corrected chi connectivity index (χ2v) is 10.2. The van der Waals surface area contributed by atoms with E-state index in [9.17, 15) is 14.7 Å². The predicted molar refractivity (Wildman–Crippen MR) is 126 cm³/mol. The number of nitrogens with zero attached hydrogens (tertiary/aromatic N) is 2. The molecule has 1 unspecified atom stereocenters. The first-order valence-corrected chi connectivity index (χ1v) is 11.4. The van der Waals surface area contributed by atoms with Crippen LogP contribution in [-0.4, -0.2) is 21.8 Å². The minimum atomic E-state index is -0.760. The summed E-state index contributed by atoms with van der Waals surface area (Å²) in [7, 11) is 0. The monoisotopic (exact) mass is 496 g/mol. The van der Waals surface area contributed by atoms with Crippen LogP contribution in [0.2, 0.25) is 0 Å². The molecule has 1 aliphatic heterocycles. The lowest BCUT2D eigenvalue weighted by molar-refractivity contribution is -0.132. The zero-order chi connectivity index (χ0) is 22.3. The third-order valence-corrected chi connectivity index (χ3v) is 6.58. The molecule has 1 aliphatic rings. The molecular formula is C24H21BrN2O3S. The maximum atomic E-state index is 13.1. The van der Waals surface area contributed by atoms with Crippen molar-refractivity contribution in [2.24, 2.45) is 0 Å². The van der Waals surface area contributed by atoms with E-state index in [1.54, 1.807) is 35.8 Å². The summed E-state index contributed by atoms with van der Waals surface area (Å²) in [6.45, 7) is 6.37. The summed E-state index contributed by atoms with van der Waals surface area (Å²) in [5.41, 5.74) is 2.37. The van der Waals surface area contributed by atoms with Crippen molar-refractivity contribution in [3.8, 4) is 0 Å². The fraction of sp³-hybridized carbons (Fsp3) is 0.208. The molecule has 4 rings (SSSR count). The molecule has 1 fully saturated rings. The average molecular weight is 497 g/mol. The standard InChI is InChI=1S/C24H21BrN2O3S/c1-24(2,3)16-8-4-14(5-9-16)19-18(20(28)15-6-10-17(25)11-7-15)21(29)22(30)27(19)23-26-12-13-31-23/h4-13,19,28H,1-3H3/b20-18+. The molecule has 7 heteroatoms. The molecule has 5 nitrogen and oxygen atoms in total. The summed E-state index contributed by atoms with van der Waals surface area (Å²) in [6.07, 6.45) is 1.59.